The van der Waals surface area contributed by atoms with Crippen LogP contribution >= 0.6 is 0 Å². The molecule has 0 atom stereocenters. The van der Waals surface area contributed by atoms with Crippen LogP contribution in [0.5, 0.6) is 0 Å². The van der Waals surface area contributed by atoms with Gasteiger partial charge in [0.1, 0.15) is 0 Å². The van der Waals surface area contributed by atoms with Crippen LogP contribution in [0.4, 0.5) is 11.4 Å². The molecule has 34 heavy (non-hydrogen) atoms. The number of nitrogens with zero attached hydrogens (tertiary/aromatic N) is 2. The molecule has 0 aliphatic carbocycles. The van der Waals surface area contributed by atoms with Crippen molar-refractivity contribution in [3.63, 3.8) is 0 Å². The molecular weight excluding hydrogens is 422 g/mol. The van der Waals surface area contributed by atoms with Crippen molar-refractivity contribution in [2.24, 2.45) is 0 Å². The first-order chi connectivity index (χ1) is 16.7. The molecule has 3 aromatic rings. The van der Waals surface area contributed by atoms with Crippen molar-refractivity contribution in [1.29, 1.82) is 0 Å². The highest BCUT2D eigenvalue weighted by molar-refractivity contribution is 6.03. The van der Waals surface area contributed by atoms with Crippen LogP contribution in [-0.4, -0.2) is 42.9 Å². The molecule has 5 nitrogen and oxygen atoms in total. The summed E-state index contributed by atoms with van der Waals surface area (Å²) in [6.07, 6.45) is 4.39. The summed E-state index contributed by atoms with van der Waals surface area (Å²) in [5, 5.41) is 3.11. The average Bonchev–Trinajstić information content (AvgIpc) is 3.60. The second-order valence-electron chi connectivity index (χ2n) is 9.17. The Hall–Kier alpha value is -3.60. The van der Waals surface area contributed by atoms with Crippen LogP contribution in [0.15, 0.2) is 78.9 Å². The maximum absolute atomic E-state index is 13.6. The summed E-state index contributed by atoms with van der Waals surface area (Å²) < 4.78 is 0. The summed E-state index contributed by atoms with van der Waals surface area (Å²) in [7, 11) is 0. The van der Waals surface area contributed by atoms with E-state index >= 15 is 0 Å². The molecule has 0 radical (unpaired) electrons. The normalized spacial score (nSPS) is 15.7. The second-order valence-corrected chi connectivity index (χ2v) is 9.17. The van der Waals surface area contributed by atoms with E-state index in [9.17, 15) is 9.59 Å². The third-order valence-corrected chi connectivity index (χ3v) is 6.86. The highest BCUT2D eigenvalue weighted by Crippen LogP contribution is 2.31. The molecule has 0 unspecified atom stereocenters. The lowest BCUT2D eigenvalue weighted by atomic mass is 9.90. The Morgan fingerprint density at radius 3 is 1.85 bits per heavy atom. The molecule has 1 N–H and O–H groups in total. The van der Waals surface area contributed by atoms with Gasteiger partial charge in [-0.25, -0.2) is 0 Å². The Balaban J connectivity index is 1.46. The molecule has 174 valence electrons. The largest absolute Gasteiger partial charge is 0.371 e. The molecule has 2 amide bonds. The van der Waals surface area contributed by atoms with Gasteiger partial charge in [-0.3, -0.25) is 9.59 Å². The van der Waals surface area contributed by atoms with E-state index in [1.807, 2.05) is 83.8 Å². The van der Waals surface area contributed by atoms with Gasteiger partial charge in [-0.05, 0) is 55.0 Å². The molecule has 2 fully saturated rings. The Bertz CT molecular complexity index is 1100. The lowest BCUT2D eigenvalue weighted by Gasteiger charge is -2.25. The van der Waals surface area contributed by atoms with Gasteiger partial charge in [0.2, 0.25) is 5.91 Å². The van der Waals surface area contributed by atoms with Crippen molar-refractivity contribution < 1.29 is 9.59 Å². The van der Waals surface area contributed by atoms with Gasteiger partial charge in [0, 0.05) is 37.6 Å². The molecule has 2 aliphatic rings. The minimum atomic E-state index is -0.432. The lowest BCUT2D eigenvalue weighted by Crippen LogP contribution is -2.30. The average molecular weight is 454 g/mol. The van der Waals surface area contributed by atoms with Crippen molar-refractivity contribution >= 4 is 23.2 Å². The predicted octanol–water partition coefficient (Wildman–Crippen LogP) is 5.29. The highest BCUT2D eigenvalue weighted by Gasteiger charge is 2.27. The van der Waals surface area contributed by atoms with Crippen molar-refractivity contribution in [2.75, 3.05) is 36.4 Å². The van der Waals surface area contributed by atoms with Crippen molar-refractivity contribution in [1.82, 2.24) is 4.90 Å². The SMILES string of the molecule is O=C(Nc1ccc(N2CCCC2)c(C(=O)N2CCCC2)c1)C(c1ccccc1)c1ccccc1. The van der Waals surface area contributed by atoms with Gasteiger partial charge in [0.25, 0.3) is 5.91 Å². The second kappa shape index (κ2) is 10.1. The fraction of sp³-hybridized carbons (Fsp3) is 0.310. The number of hydrogen-bond acceptors (Lipinski definition) is 3. The molecule has 0 spiro atoms. The van der Waals surface area contributed by atoms with Gasteiger partial charge in [-0.1, -0.05) is 60.7 Å². The summed E-state index contributed by atoms with van der Waals surface area (Å²) in [5.41, 5.74) is 4.21. The number of anilines is 2. The number of carbonyl (C=O) groups is 2. The smallest absolute Gasteiger partial charge is 0.256 e. The first-order valence-electron chi connectivity index (χ1n) is 12.3. The quantitative estimate of drug-likeness (QED) is 0.552. The molecule has 2 aliphatic heterocycles. The molecule has 2 heterocycles. The van der Waals surface area contributed by atoms with E-state index in [0.717, 1.165) is 68.7 Å². The Morgan fingerprint density at radius 2 is 1.26 bits per heavy atom. The minimum Gasteiger partial charge on any atom is -0.371 e. The number of amides is 2. The Morgan fingerprint density at radius 1 is 0.706 bits per heavy atom. The summed E-state index contributed by atoms with van der Waals surface area (Å²) in [5.74, 6) is -0.470. The summed E-state index contributed by atoms with van der Waals surface area (Å²) >= 11 is 0. The predicted molar refractivity (Wildman–Crippen MR) is 136 cm³/mol. The van der Waals surface area contributed by atoms with Gasteiger partial charge in [0.05, 0.1) is 11.5 Å². The molecule has 0 aromatic heterocycles. The monoisotopic (exact) mass is 453 g/mol. The van der Waals surface area contributed by atoms with Crippen LogP contribution in [0, 0.1) is 0 Å². The fourth-order valence-corrected chi connectivity index (χ4v) is 5.11. The zero-order valence-corrected chi connectivity index (χ0v) is 19.5. The third kappa shape index (κ3) is 4.69. The van der Waals surface area contributed by atoms with E-state index in [0.29, 0.717) is 11.3 Å². The van der Waals surface area contributed by atoms with E-state index in [1.54, 1.807) is 0 Å². The molecule has 0 bridgehead atoms. The molecular formula is C29H31N3O2. The van der Waals surface area contributed by atoms with Crippen LogP contribution in [0.25, 0.3) is 0 Å². The molecule has 5 rings (SSSR count). The fourth-order valence-electron chi connectivity index (χ4n) is 5.11. The topological polar surface area (TPSA) is 52.7 Å². The first kappa shape index (κ1) is 22.2. The van der Waals surface area contributed by atoms with Gasteiger partial charge in [-0.15, -0.1) is 0 Å². The number of benzene rings is 3. The maximum Gasteiger partial charge on any atom is 0.256 e. The van der Waals surface area contributed by atoms with Gasteiger partial charge in [-0.2, -0.15) is 0 Å². The van der Waals surface area contributed by atoms with Crippen LogP contribution < -0.4 is 10.2 Å². The summed E-state index contributed by atoms with van der Waals surface area (Å²) in [6.45, 7) is 3.55. The lowest BCUT2D eigenvalue weighted by molar-refractivity contribution is -0.116. The summed E-state index contributed by atoms with van der Waals surface area (Å²) in [6, 6.07) is 25.5. The van der Waals surface area contributed by atoms with Crippen molar-refractivity contribution in [3.05, 3.63) is 95.6 Å². The van der Waals surface area contributed by atoms with E-state index < -0.39 is 5.92 Å². The maximum atomic E-state index is 13.6. The zero-order valence-electron chi connectivity index (χ0n) is 19.5. The van der Waals surface area contributed by atoms with Crippen molar-refractivity contribution in [2.45, 2.75) is 31.6 Å². The standard InChI is InChI=1S/C29H31N3O2/c33-28(27(22-11-3-1-4-12-22)23-13-5-2-6-14-23)30-24-15-16-26(31-17-7-8-18-31)25(21-24)29(34)32-19-9-10-20-32/h1-6,11-16,21,27H,7-10,17-20H2,(H,30,33). The van der Waals surface area contributed by atoms with E-state index in [2.05, 4.69) is 10.2 Å². The number of hydrogen-bond donors (Lipinski definition) is 1. The molecule has 0 saturated carbocycles. The van der Waals surface area contributed by atoms with Crippen LogP contribution in [0.3, 0.4) is 0 Å². The molecule has 2 saturated heterocycles. The van der Waals surface area contributed by atoms with Crippen LogP contribution in [-0.2, 0) is 4.79 Å². The van der Waals surface area contributed by atoms with Crippen molar-refractivity contribution in [3.8, 4) is 0 Å². The van der Waals surface area contributed by atoms with E-state index in [1.165, 1.54) is 0 Å². The number of nitrogens with one attached hydrogen (secondary N) is 1. The Labute approximate surface area is 201 Å². The third-order valence-electron chi connectivity index (χ3n) is 6.86. The number of likely N-dealkylation sites (tertiary alicyclic amines) is 1. The molecule has 5 heteroatoms. The number of rotatable bonds is 6. The number of carbonyl (C=O) groups excluding carboxylic acids is 2. The van der Waals surface area contributed by atoms with E-state index in [-0.39, 0.29) is 11.8 Å². The zero-order chi connectivity index (χ0) is 23.3. The van der Waals surface area contributed by atoms with E-state index in [4.69, 9.17) is 0 Å². The van der Waals surface area contributed by atoms with Gasteiger partial charge >= 0.3 is 0 Å². The summed E-state index contributed by atoms with van der Waals surface area (Å²) in [4.78, 5) is 31.2. The van der Waals surface area contributed by atoms with Gasteiger partial charge in [0.15, 0.2) is 0 Å². The highest BCUT2D eigenvalue weighted by atomic mass is 16.2. The first-order valence-corrected chi connectivity index (χ1v) is 12.3. The molecule has 3 aromatic carbocycles. The minimum absolute atomic E-state index is 0.0677. The van der Waals surface area contributed by atoms with Crippen LogP contribution in [0.2, 0.25) is 0 Å². The van der Waals surface area contributed by atoms with Crippen LogP contribution in [0.1, 0.15) is 53.1 Å². The van der Waals surface area contributed by atoms with Gasteiger partial charge < -0.3 is 15.1 Å². The Kier molecular flexibility index (Phi) is 6.61.